The van der Waals surface area contributed by atoms with Crippen molar-refractivity contribution in [2.45, 2.75) is 125 Å². The Morgan fingerprint density at radius 2 is 1.22 bits per heavy atom. The first kappa shape index (κ1) is 31.1. The van der Waals surface area contributed by atoms with Crippen molar-refractivity contribution in [2.24, 2.45) is 0 Å². The van der Waals surface area contributed by atoms with E-state index in [0.29, 0.717) is 0 Å². The second kappa shape index (κ2) is 14.2. The standard InChI is InChI=1S/C12H20O5.C8H16O2.C5H10O5/c1-14-11-10-9(8(7-13)15-11)16-12(17-10)5-3-2-4-6-12;1-9-8(10-2)6-4-3-5-7-8;6-1-2-3(7)4(8)5(9)10-2/h8-11,13H,2-7H2,1H3;3-7H2,1-2H3;2-9H,1H2. The Bertz CT molecular complexity index is 628. The van der Waals surface area contributed by atoms with E-state index in [4.69, 9.17) is 48.8 Å². The summed E-state index contributed by atoms with van der Waals surface area (Å²) in [6.07, 6.45) is 5.43. The lowest BCUT2D eigenvalue weighted by molar-refractivity contribution is -0.253. The van der Waals surface area contributed by atoms with Crippen LogP contribution in [0.2, 0.25) is 0 Å². The molecule has 12 heteroatoms. The molecular formula is C25H46O12. The summed E-state index contributed by atoms with van der Waals surface area (Å²) in [5, 5.41) is 44.3. The maximum atomic E-state index is 9.30. The van der Waals surface area contributed by atoms with E-state index in [2.05, 4.69) is 4.74 Å². The second-order valence-corrected chi connectivity index (χ2v) is 10.2. The first-order valence-corrected chi connectivity index (χ1v) is 13.3. The highest BCUT2D eigenvalue weighted by Crippen LogP contribution is 2.45. The maximum Gasteiger partial charge on any atom is 0.186 e. The van der Waals surface area contributed by atoms with Crippen molar-refractivity contribution in [3.05, 3.63) is 0 Å². The number of fused-ring (bicyclic) bond motifs is 1. The molecule has 1 spiro atoms. The molecule has 3 aliphatic heterocycles. The fourth-order valence-electron chi connectivity index (χ4n) is 5.61. The highest BCUT2D eigenvalue weighted by Gasteiger charge is 2.58. The largest absolute Gasteiger partial charge is 0.394 e. The van der Waals surface area contributed by atoms with Crippen LogP contribution in [0, 0.1) is 0 Å². The van der Waals surface area contributed by atoms with Crippen molar-refractivity contribution in [1.29, 1.82) is 0 Å². The third-order valence-corrected chi connectivity index (χ3v) is 7.87. The zero-order chi connectivity index (χ0) is 27.1. The van der Waals surface area contributed by atoms with E-state index in [9.17, 15) is 5.11 Å². The highest BCUT2D eigenvalue weighted by molar-refractivity contribution is 4.97. The highest BCUT2D eigenvalue weighted by atomic mass is 16.8. The third kappa shape index (κ3) is 7.38. The molecule has 3 heterocycles. The summed E-state index contributed by atoms with van der Waals surface area (Å²) in [6, 6.07) is 0. The predicted molar refractivity (Wildman–Crippen MR) is 128 cm³/mol. The number of hydrogen-bond acceptors (Lipinski definition) is 12. The van der Waals surface area contributed by atoms with Crippen LogP contribution >= 0.6 is 0 Å². The van der Waals surface area contributed by atoms with Crippen molar-refractivity contribution in [3.8, 4) is 0 Å². The minimum atomic E-state index is -1.38. The molecule has 5 N–H and O–H groups in total. The number of aliphatic hydroxyl groups is 5. The summed E-state index contributed by atoms with van der Waals surface area (Å²) in [6.45, 7) is -0.463. The molecule has 218 valence electrons. The number of methoxy groups -OCH3 is 3. The lowest BCUT2D eigenvalue weighted by Crippen LogP contribution is -2.37. The Labute approximate surface area is 218 Å². The molecule has 0 aromatic carbocycles. The molecule has 0 aromatic heterocycles. The first-order chi connectivity index (χ1) is 17.8. The van der Waals surface area contributed by atoms with Crippen LogP contribution in [0.1, 0.15) is 64.2 Å². The van der Waals surface area contributed by atoms with Crippen LogP contribution < -0.4 is 0 Å². The molecule has 0 amide bonds. The molecule has 0 radical (unpaired) electrons. The molecule has 5 fully saturated rings. The van der Waals surface area contributed by atoms with Gasteiger partial charge in [0.05, 0.1) is 13.2 Å². The first-order valence-electron chi connectivity index (χ1n) is 13.3. The minimum Gasteiger partial charge on any atom is -0.394 e. The molecule has 3 saturated heterocycles. The summed E-state index contributed by atoms with van der Waals surface area (Å²) < 4.78 is 38.1. The van der Waals surface area contributed by atoms with Gasteiger partial charge in [0.25, 0.3) is 0 Å². The summed E-state index contributed by atoms with van der Waals surface area (Å²) in [4.78, 5) is 0. The van der Waals surface area contributed by atoms with E-state index in [1.165, 1.54) is 25.7 Å². The maximum absolute atomic E-state index is 9.30. The van der Waals surface area contributed by atoms with Gasteiger partial charge in [-0.25, -0.2) is 0 Å². The van der Waals surface area contributed by atoms with Gasteiger partial charge in [0.15, 0.2) is 24.2 Å². The Morgan fingerprint density at radius 3 is 1.62 bits per heavy atom. The van der Waals surface area contributed by atoms with E-state index in [-0.39, 0.29) is 30.7 Å². The van der Waals surface area contributed by atoms with E-state index in [0.717, 1.165) is 38.5 Å². The van der Waals surface area contributed by atoms with Crippen LogP contribution in [-0.2, 0) is 33.2 Å². The topological polar surface area (TPSA) is 166 Å². The average molecular weight is 539 g/mol. The molecule has 5 rings (SSSR count). The molecule has 2 saturated carbocycles. The Hall–Kier alpha value is -0.480. The monoisotopic (exact) mass is 538 g/mol. The molecule has 8 unspecified atom stereocenters. The fourth-order valence-corrected chi connectivity index (χ4v) is 5.61. The molecule has 0 aromatic rings. The van der Waals surface area contributed by atoms with Gasteiger partial charge in [-0.05, 0) is 25.7 Å². The van der Waals surface area contributed by atoms with Crippen molar-refractivity contribution in [2.75, 3.05) is 34.5 Å². The van der Waals surface area contributed by atoms with Gasteiger partial charge in [-0.3, -0.25) is 0 Å². The van der Waals surface area contributed by atoms with Crippen molar-refractivity contribution >= 4 is 0 Å². The Kier molecular flexibility index (Phi) is 12.0. The Morgan fingerprint density at radius 1 is 0.676 bits per heavy atom. The van der Waals surface area contributed by atoms with Crippen LogP contribution in [-0.4, -0.2) is 121 Å². The smallest absolute Gasteiger partial charge is 0.186 e. The SMILES string of the molecule is COC1(OC)CCCCC1.COC1OC(CO)C2OC3(CCCCC3)OC12.OCC1OC(O)C(O)C1O. The van der Waals surface area contributed by atoms with Crippen molar-refractivity contribution in [1.82, 2.24) is 0 Å². The molecule has 0 bridgehead atoms. The lowest BCUT2D eigenvalue weighted by Gasteiger charge is -2.34. The van der Waals surface area contributed by atoms with E-state index >= 15 is 0 Å². The van der Waals surface area contributed by atoms with Crippen LogP contribution in [0.25, 0.3) is 0 Å². The van der Waals surface area contributed by atoms with Crippen LogP contribution in [0.3, 0.4) is 0 Å². The average Bonchev–Trinajstić information content (AvgIpc) is 3.54. The van der Waals surface area contributed by atoms with Gasteiger partial charge < -0.3 is 58.7 Å². The normalized spacial score (nSPS) is 39.9. The molecule has 8 atom stereocenters. The van der Waals surface area contributed by atoms with E-state index < -0.39 is 43.3 Å². The number of hydrogen-bond donors (Lipinski definition) is 5. The van der Waals surface area contributed by atoms with Gasteiger partial charge in [-0.1, -0.05) is 12.8 Å². The number of aliphatic hydroxyl groups excluding tert-OH is 5. The lowest BCUT2D eigenvalue weighted by atomic mass is 9.94. The summed E-state index contributed by atoms with van der Waals surface area (Å²) in [7, 11) is 5.06. The zero-order valence-electron chi connectivity index (χ0n) is 22.2. The molecule has 12 nitrogen and oxygen atoms in total. The van der Waals surface area contributed by atoms with Gasteiger partial charge in [0, 0.05) is 47.0 Å². The molecular weight excluding hydrogens is 492 g/mol. The third-order valence-electron chi connectivity index (χ3n) is 7.87. The molecule has 5 aliphatic rings. The van der Waals surface area contributed by atoms with Gasteiger partial charge in [0.2, 0.25) is 0 Å². The second-order valence-electron chi connectivity index (χ2n) is 10.2. The summed E-state index contributed by atoms with van der Waals surface area (Å²) in [5.41, 5.74) is 0. The van der Waals surface area contributed by atoms with Gasteiger partial charge in [-0.15, -0.1) is 0 Å². The number of rotatable bonds is 5. The zero-order valence-corrected chi connectivity index (χ0v) is 22.2. The fraction of sp³-hybridized carbons (Fsp3) is 1.00. The minimum absolute atomic E-state index is 0.0551. The quantitative estimate of drug-likeness (QED) is 0.301. The van der Waals surface area contributed by atoms with Gasteiger partial charge >= 0.3 is 0 Å². The van der Waals surface area contributed by atoms with E-state index in [1.54, 1.807) is 21.3 Å². The van der Waals surface area contributed by atoms with Crippen molar-refractivity contribution < 1.29 is 58.7 Å². The van der Waals surface area contributed by atoms with Crippen molar-refractivity contribution in [3.63, 3.8) is 0 Å². The van der Waals surface area contributed by atoms with E-state index in [1.807, 2.05) is 0 Å². The number of ether oxygens (including phenoxy) is 7. The van der Waals surface area contributed by atoms with Gasteiger partial charge in [-0.2, -0.15) is 0 Å². The molecule has 37 heavy (non-hydrogen) atoms. The Balaban J connectivity index is 0.000000165. The summed E-state index contributed by atoms with van der Waals surface area (Å²) in [5.74, 6) is -0.681. The predicted octanol–water partition coefficient (Wildman–Crippen LogP) is 0.152. The molecule has 2 aliphatic carbocycles. The van der Waals surface area contributed by atoms with Crippen LogP contribution in [0.5, 0.6) is 0 Å². The summed E-state index contributed by atoms with van der Waals surface area (Å²) >= 11 is 0. The van der Waals surface area contributed by atoms with Crippen LogP contribution in [0.15, 0.2) is 0 Å². The van der Waals surface area contributed by atoms with Gasteiger partial charge in [0.1, 0.15) is 36.6 Å². The van der Waals surface area contributed by atoms with Crippen LogP contribution in [0.4, 0.5) is 0 Å².